The molecule has 1 amide bonds. The predicted molar refractivity (Wildman–Crippen MR) is 79.1 cm³/mol. The van der Waals surface area contributed by atoms with Gasteiger partial charge in [0.15, 0.2) is 11.5 Å². The fraction of sp³-hybridized carbons (Fsp3) is 0.267. The van der Waals surface area contributed by atoms with Crippen LogP contribution in [0.5, 0.6) is 11.5 Å². The Kier molecular flexibility index (Phi) is 4.75. The van der Waals surface area contributed by atoms with Crippen molar-refractivity contribution in [1.29, 1.82) is 0 Å². The van der Waals surface area contributed by atoms with Crippen molar-refractivity contribution in [3.8, 4) is 11.5 Å². The van der Waals surface area contributed by atoms with Crippen LogP contribution in [0, 0.1) is 0 Å². The molecular weight excluding hydrogens is 294 g/mol. The summed E-state index contributed by atoms with van der Waals surface area (Å²) in [5.74, 6) is 1.01. The normalized spacial score (nSPS) is 10.3. The van der Waals surface area contributed by atoms with Crippen LogP contribution in [-0.2, 0) is 6.54 Å². The smallest absolute Gasteiger partial charge is 0.258 e. The van der Waals surface area contributed by atoms with Gasteiger partial charge in [0.1, 0.15) is 0 Å². The van der Waals surface area contributed by atoms with Crippen molar-refractivity contribution in [3.05, 3.63) is 46.9 Å². The summed E-state index contributed by atoms with van der Waals surface area (Å²) < 4.78 is 15.5. The number of hydrogen-bond acceptors (Lipinski definition) is 4. The molecule has 2 aromatic rings. The molecule has 0 unspecified atom stereocenters. The van der Waals surface area contributed by atoms with Crippen molar-refractivity contribution < 1.29 is 18.7 Å². The highest BCUT2D eigenvalue weighted by atomic mass is 35.5. The van der Waals surface area contributed by atoms with Gasteiger partial charge in [-0.1, -0.05) is 12.1 Å². The van der Waals surface area contributed by atoms with Crippen molar-refractivity contribution in [2.75, 3.05) is 21.3 Å². The summed E-state index contributed by atoms with van der Waals surface area (Å²) in [6.07, 6.45) is 1.38. The lowest BCUT2D eigenvalue weighted by atomic mass is 10.1. The number of carbonyl (C=O) groups is 1. The number of amides is 1. The summed E-state index contributed by atoms with van der Waals surface area (Å²) in [5, 5.41) is 0.0875. The molecule has 0 bridgehead atoms. The lowest BCUT2D eigenvalue weighted by molar-refractivity contribution is 0.0783. The molecule has 1 heterocycles. The second kappa shape index (κ2) is 6.54. The first-order chi connectivity index (χ1) is 10.1. The summed E-state index contributed by atoms with van der Waals surface area (Å²) >= 11 is 5.83. The Morgan fingerprint density at radius 1 is 1.29 bits per heavy atom. The molecule has 2 rings (SSSR count). The van der Waals surface area contributed by atoms with Crippen LogP contribution in [0.2, 0.25) is 5.22 Å². The molecule has 0 aliphatic heterocycles. The molecule has 21 heavy (non-hydrogen) atoms. The number of benzene rings is 1. The highest BCUT2D eigenvalue weighted by Gasteiger charge is 2.19. The number of carbonyl (C=O) groups excluding carboxylic acids is 1. The molecule has 0 spiro atoms. The van der Waals surface area contributed by atoms with E-state index in [-0.39, 0.29) is 11.1 Å². The number of methoxy groups -OCH3 is 2. The molecule has 0 saturated carbocycles. The Labute approximate surface area is 128 Å². The van der Waals surface area contributed by atoms with Gasteiger partial charge >= 0.3 is 0 Å². The molecule has 6 heteroatoms. The Morgan fingerprint density at radius 2 is 2.05 bits per heavy atom. The van der Waals surface area contributed by atoms with E-state index in [1.807, 2.05) is 12.1 Å². The lowest BCUT2D eigenvalue weighted by Gasteiger charge is -2.19. The fourth-order valence-electron chi connectivity index (χ4n) is 2.06. The number of halogens is 1. The van der Waals surface area contributed by atoms with Gasteiger partial charge in [0.05, 0.1) is 26.0 Å². The molecule has 1 aromatic heterocycles. The summed E-state index contributed by atoms with van der Waals surface area (Å²) in [5.41, 5.74) is 1.17. The van der Waals surface area contributed by atoms with Gasteiger partial charge in [-0.3, -0.25) is 4.79 Å². The van der Waals surface area contributed by atoms with Gasteiger partial charge in [-0.2, -0.15) is 0 Å². The monoisotopic (exact) mass is 309 g/mol. The van der Waals surface area contributed by atoms with Crippen molar-refractivity contribution >= 4 is 17.5 Å². The maximum atomic E-state index is 12.3. The molecule has 0 aliphatic carbocycles. The minimum absolute atomic E-state index is 0.0875. The third kappa shape index (κ3) is 3.13. The maximum absolute atomic E-state index is 12.3. The van der Waals surface area contributed by atoms with E-state index >= 15 is 0 Å². The van der Waals surface area contributed by atoms with Crippen LogP contribution in [0.25, 0.3) is 0 Å². The highest BCUT2D eigenvalue weighted by Crippen LogP contribution is 2.31. The van der Waals surface area contributed by atoms with E-state index < -0.39 is 0 Å². The average molecular weight is 310 g/mol. The minimum atomic E-state index is -0.223. The second-order valence-electron chi connectivity index (χ2n) is 4.42. The molecule has 5 nitrogen and oxygen atoms in total. The summed E-state index contributed by atoms with van der Waals surface area (Å²) in [4.78, 5) is 13.8. The Balaban J connectivity index is 2.22. The van der Waals surface area contributed by atoms with Gasteiger partial charge in [0.25, 0.3) is 5.91 Å². The molecule has 0 aliphatic rings. The van der Waals surface area contributed by atoms with Crippen LogP contribution in [0.1, 0.15) is 15.9 Å². The van der Waals surface area contributed by atoms with Gasteiger partial charge < -0.3 is 18.8 Å². The largest absolute Gasteiger partial charge is 0.493 e. The van der Waals surface area contributed by atoms with E-state index in [2.05, 4.69) is 0 Å². The Morgan fingerprint density at radius 3 is 2.62 bits per heavy atom. The number of ether oxygens (including phenoxy) is 2. The van der Waals surface area contributed by atoms with Crippen LogP contribution in [-0.4, -0.2) is 32.1 Å². The van der Waals surface area contributed by atoms with E-state index in [9.17, 15) is 4.79 Å². The second-order valence-corrected chi connectivity index (χ2v) is 4.77. The zero-order valence-corrected chi connectivity index (χ0v) is 12.8. The molecular formula is C15H16ClNO4. The van der Waals surface area contributed by atoms with Crippen LogP contribution >= 0.6 is 11.6 Å². The van der Waals surface area contributed by atoms with Crippen molar-refractivity contribution in [1.82, 2.24) is 4.90 Å². The van der Waals surface area contributed by atoms with Crippen LogP contribution in [0.3, 0.4) is 0 Å². The summed E-state index contributed by atoms with van der Waals surface area (Å²) in [6.45, 7) is 0.362. The van der Waals surface area contributed by atoms with E-state index in [0.29, 0.717) is 23.6 Å². The molecule has 0 atom stereocenters. The fourth-order valence-corrected chi connectivity index (χ4v) is 2.25. The van der Waals surface area contributed by atoms with E-state index in [4.69, 9.17) is 25.5 Å². The van der Waals surface area contributed by atoms with Crippen molar-refractivity contribution in [2.45, 2.75) is 6.54 Å². The Bertz CT molecular complexity index is 638. The molecule has 112 valence electrons. The number of furan rings is 1. The number of nitrogens with zero attached hydrogens (tertiary/aromatic N) is 1. The van der Waals surface area contributed by atoms with Crippen molar-refractivity contribution in [3.63, 3.8) is 0 Å². The number of rotatable bonds is 5. The predicted octanol–water partition coefficient (Wildman–Crippen LogP) is 3.22. The number of para-hydroxylation sites is 1. The molecule has 1 aromatic carbocycles. The van der Waals surface area contributed by atoms with Gasteiger partial charge in [0, 0.05) is 19.2 Å². The first kappa shape index (κ1) is 15.3. The molecule has 0 fully saturated rings. The van der Waals surface area contributed by atoms with Crippen LogP contribution < -0.4 is 9.47 Å². The maximum Gasteiger partial charge on any atom is 0.258 e. The minimum Gasteiger partial charge on any atom is -0.493 e. The SMILES string of the molecule is COc1cccc(CN(C)C(=O)c2ccoc2Cl)c1OC. The third-order valence-electron chi connectivity index (χ3n) is 3.09. The first-order valence-corrected chi connectivity index (χ1v) is 6.64. The molecule has 0 N–H and O–H groups in total. The first-order valence-electron chi connectivity index (χ1n) is 6.26. The van der Waals surface area contributed by atoms with Gasteiger partial charge in [-0.15, -0.1) is 0 Å². The van der Waals surface area contributed by atoms with Crippen LogP contribution in [0.15, 0.2) is 34.9 Å². The lowest BCUT2D eigenvalue weighted by Crippen LogP contribution is -2.26. The summed E-state index contributed by atoms with van der Waals surface area (Å²) in [6, 6.07) is 7.07. The van der Waals surface area contributed by atoms with E-state index in [0.717, 1.165) is 5.56 Å². The van der Waals surface area contributed by atoms with Gasteiger partial charge in [-0.25, -0.2) is 0 Å². The molecule has 0 radical (unpaired) electrons. The highest BCUT2D eigenvalue weighted by molar-refractivity contribution is 6.32. The van der Waals surface area contributed by atoms with E-state index in [1.54, 1.807) is 33.4 Å². The topological polar surface area (TPSA) is 51.9 Å². The third-order valence-corrected chi connectivity index (χ3v) is 3.38. The van der Waals surface area contributed by atoms with Crippen molar-refractivity contribution in [2.24, 2.45) is 0 Å². The van der Waals surface area contributed by atoms with Gasteiger partial charge in [0.2, 0.25) is 5.22 Å². The van der Waals surface area contributed by atoms with Crippen LogP contribution in [0.4, 0.5) is 0 Å². The zero-order chi connectivity index (χ0) is 15.4. The van der Waals surface area contributed by atoms with E-state index in [1.165, 1.54) is 11.2 Å². The van der Waals surface area contributed by atoms with Gasteiger partial charge in [-0.05, 0) is 23.7 Å². The quantitative estimate of drug-likeness (QED) is 0.851. The molecule has 0 saturated heterocycles. The number of hydrogen-bond donors (Lipinski definition) is 0. The average Bonchev–Trinajstić information content (AvgIpc) is 2.92. The standard InChI is InChI=1S/C15H16ClNO4/c1-17(15(18)11-7-8-21-14(11)16)9-10-5-4-6-12(19-2)13(10)20-3/h4-8H,9H2,1-3H3. The zero-order valence-electron chi connectivity index (χ0n) is 12.1. The Hall–Kier alpha value is -2.14. The summed E-state index contributed by atoms with van der Waals surface area (Å²) in [7, 11) is 4.82.